The molecule has 4 aromatic carbocycles. The molecule has 0 aromatic heterocycles. The maximum atomic E-state index is 13.0. The third-order valence-electron chi connectivity index (χ3n) is 7.04. The second-order valence-corrected chi connectivity index (χ2v) is 11.3. The van der Waals surface area contributed by atoms with Crippen molar-refractivity contribution in [1.29, 1.82) is 0 Å². The van der Waals surface area contributed by atoms with Crippen molar-refractivity contribution in [3.8, 4) is 11.5 Å². The quantitative estimate of drug-likeness (QED) is 0.183. The van der Waals surface area contributed by atoms with Gasteiger partial charge in [-0.15, -0.1) is 0 Å². The fourth-order valence-corrected chi connectivity index (χ4v) is 4.47. The number of rotatable bonds is 10. The highest BCUT2D eigenvalue weighted by Crippen LogP contribution is 2.30. The average molecular weight is 621 g/mol. The molecular formula is C36H39F3N2O4. The number of carbonyl (C=O) groups is 2. The Morgan fingerprint density at radius 3 is 1.91 bits per heavy atom. The number of hydrogen-bond acceptors (Lipinski definition) is 5. The zero-order valence-corrected chi connectivity index (χ0v) is 25.8. The van der Waals surface area contributed by atoms with Crippen LogP contribution >= 0.6 is 0 Å². The number of nitrogens with two attached hydrogens (primary N) is 1. The standard InChI is InChI=1S/C29H34N2O3.C7H5F3O/c1-21-10-12-23(13-11-21)27(32)24-14-16-26(17-15-24)34-29(2,3)28(33)31(4)19-18-25(30)20-22-8-6-5-7-9-22;8-7(9,10)5-1-3-6(11)4-2-5/h5-17,25H,18-20,30H2,1-4H3;1-4,11H. The molecule has 6 nitrogen and oxygen atoms in total. The van der Waals surface area contributed by atoms with E-state index in [1.54, 1.807) is 50.1 Å². The van der Waals surface area contributed by atoms with E-state index in [9.17, 15) is 22.8 Å². The van der Waals surface area contributed by atoms with Gasteiger partial charge in [0.1, 0.15) is 11.5 Å². The molecule has 0 saturated heterocycles. The maximum Gasteiger partial charge on any atom is 0.416 e. The topological polar surface area (TPSA) is 92.9 Å². The molecule has 9 heteroatoms. The van der Waals surface area contributed by atoms with Gasteiger partial charge in [-0.2, -0.15) is 13.2 Å². The Kier molecular flexibility index (Phi) is 11.9. The number of carbonyl (C=O) groups excluding carboxylic acids is 2. The Balaban J connectivity index is 0.000000423. The van der Waals surface area contributed by atoms with E-state index in [1.165, 1.54) is 5.56 Å². The van der Waals surface area contributed by atoms with Gasteiger partial charge in [-0.25, -0.2) is 0 Å². The number of hydrogen-bond donors (Lipinski definition) is 2. The van der Waals surface area contributed by atoms with Gasteiger partial charge in [0.2, 0.25) is 0 Å². The first-order chi connectivity index (χ1) is 21.2. The third kappa shape index (κ3) is 10.8. The number of nitrogens with zero attached hydrogens (tertiary/aromatic N) is 1. The molecule has 3 N–H and O–H groups in total. The first-order valence-electron chi connectivity index (χ1n) is 14.5. The molecule has 0 fully saturated rings. The monoisotopic (exact) mass is 620 g/mol. The molecule has 0 aliphatic carbocycles. The van der Waals surface area contributed by atoms with E-state index in [-0.39, 0.29) is 23.5 Å². The second-order valence-electron chi connectivity index (χ2n) is 11.3. The van der Waals surface area contributed by atoms with Crippen molar-refractivity contribution in [2.24, 2.45) is 5.73 Å². The zero-order valence-electron chi connectivity index (χ0n) is 25.8. The fourth-order valence-electron chi connectivity index (χ4n) is 4.47. The maximum absolute atomic E-state index is 13.0. The van der Waals surface area contributed by atoms with Gasteiger partial charge in [0.25, 0.3) is 5.91 Å². The first kappa shape index (κ1) is 34.9. The number of ether oxygens (including phenoxy) is 1. The number of halogens is 3. The second kappa shape index (κ2) is 15.4. The third-order valence-corrected chi connectivity index (χ3v) is 7.04. The summed E-state index contributed by atoms with van der Waals surface area (Å²) >= 11 is 0. The van der Waals surface area contributed by atoms with E-state index in [0.717, 1.165) is 36.2 Å². The molecule has 238 valence electrons. The number of phenolic OH excluding ortho intramolecular Hbond substituents is 1. The SMILES string of the molecule is Cc1ccc(C(=O)c2ccc(OC(C)(C)C(=O)N(C)CCC(N)Cc3ccccc3)cc2)cc1.Oc1ccc(C(F)(F)F)cc1. The Labute approximate surface area is 262 Å². The fraction of sp³-hybridized carbons (Fsp3) is 0.278. The minimum atomic E-state index is -4.33. The van der Waals surface area contributed by atoms with Gasteiger partial charge in [-0.1, -0.05) is 60.2 Å². The van der Waals surface area contributed by atoms with Crippen LogP contribution in [0.3, 0.4) is 0 Å². The largest absolute Gasteiger partial charge is 0.508 e. The van der Waals surface area contributed by atoms with Gasteiger partial charge in [0.15, 0.2) is 11.4 Å². The molecule has 0 aliphatic heterocycles. The molecule has 0 aliphatic rings. The Morgan fingerprint density at radius 1 is 0.844 bits per heavy atom. The van der Waals surface area contributed by atoms with E-state index in [4.69, 9.17) is 15.6 Å². The van der Waals surface area contributed by atoms with Gasteiger partial charge in [-0.3, -0.25) is 9.59 Å². The average Bonchev–Trinajstić information content (AvgIpc) is 3.00. The van der Waals surface area contributed by atoms with Crippen LogP contribution in [0, 0.1) is 6.92 Å². The molecular weight excluding hydrogens is 581 g/mol. The number of alkyl halides is 3. The van der Waals surface area contributed by atoms with Crippen molar-refractivity contribution in [1.82, 2.24) is 4.90 Å². The van der Waals surface area contributed by atoms with Crippen molar-refractivity contribution >= 4 is 11.7 Å². The number of phenols is 1. The van der Waals surface area contributed by atoms with Crippen molar-refractivity contribution in [2.75, 3.05) is 13.6 Å². The lowest BCUT2D eigenvalue weighted by Crippen LogP contribution is -2.48. The molecule has 0 saturated carbocycles. The molecule has 1 unspecified atom stereocenters. The molecule has 4 aromatic rings. The number of benzene rings is 4. The molecule has 0 spiro atoms. The zero-order chi connectivity index (χ0) is 33.2. The van der Waals surface area contributed by atoms with Gasteiger partial charge >= 0.3 is 6.18 Å². The molecule has 4 rings (SSSR count). The summed E-state index contributed by atoms with van der Waals surface area (Å²) in [5.74, 6) is 0.193. The van der Waals surface area contributed by atoms with E-state index >= 15 is 0 Å². The molecule has 1 atom stereocenters. The highest BCUT2D eigenvalue weighted by Gasteiger charge is 2.33. The minimum absolute atomic E-state index is 0.0275. The molecule has 0 heterocycles. The summed E-state index contributed by atoms with van der Waals surface area (Å²) in [6.07, 6.45) is -2.85. The Hall–Kier alpha value is -4.63. The van der Waals surface area contributed by atoms with Crippen LogP contribution in [0.4, 0.5) is 13.2 Å². The molecule has 1 amide bonds. The van der Waals surface area contributed by atoms with E-state index in [1.807, 2.05) is 49.4 Å². The van der Waals surface area contributed by atoms with E-state index in [0.29, 0.717) is 29.8 Å². The van der Waals surface area contributed by atoms with Gasteiger partial charge in [0, 0.05) is 30.8 Å². The summed E-state index contributed by atoms with van der Waals surface area (Å²) in [4.78, 5) is 27.4. The number of amides is 1. The summed E-state index contributed by atoms with van der Waals surface area (Å²) in [5.41, 5.74) is 7.98. The lowest BCUT2D eigenvalue weighted by atomic mass is 10.0. The summed E-state index contributed by atoms with van der Waals surface area (Å²) < 4.78 is 41.5. The number of aryl methyl sites for hydroxylation is 1. The lowest BCUT2D eigenvalue weighted by Gasteiger charge is -2.30. The summed E-state index contributed by atoms with van der Waals surface area (Å²) in [7, 11) is 1.77. The molecule has 45 heavy (non-hydrogen) atoms. The van der Waals surface area contributed by atoms with Gasteiger partial charge in [0.05, 0.1) is 5.56 Å². The van der Waals surface area contributed by atoms with Crippen LogP contribution in [0.15, 0.2) is 103 Å². The van der Waals surface area contributed by atoms with Crippen molar-refractivity contribution < 1.29 is 32.6 Å². The van der Waals surface area contributed by atoms with Gasteiger partial charge in [-0.05, 0) is 87.7 Å². The number of aromatic hydroxyl groups is 1. The molecule has 0 bridgehead atoms. The Bertz CT molecular complexity index is 1520. The number of likely N-dealkylation sites (N-methyl/N-ethyl adjacent to an activating group) is 1. The van der Waals surface area contributed by atoms with Crippen LogP contribution in [0.1, 0.15) is 52.9 Å². The molecule has 0 radical (unpaired) electrons. The summed E-state index contributed by atoms with van der Waals surface area (Å²) in [6.45, 7) is 6.03. The first-order valence-corrected chi connectivity index (χ1v) is 14.5. The van der Waals surface area contributed by atoms with Crippen LogP contribution in [0.2, 0.25) is 0 Å². The van der Waals surface area contributed by atoms with Crippen molar-refractivity contribution in [3.05, 3.63) is 131 Å². The van der Waals surface area contributed by atoms with Crippen LogP contribution in [-0.2, 0) is 17.4 Å². The van der Waals surface area contributed by atoms with Crippen LogP contribution in [0.25, 0.3) is 0 Å². The lowest BCUT2D eigenvalue weighted by molar-refractivity contribution is -0.144. The predicted octanol–water partition coefficient (Wildman–Crippen LogP) is 7.21. The number of ketones is 1. The smallest absolute Gasteiger partial charge is 0.416 e. The summed E-state index contributed by atoms with van der Waals surface area (Å²) in [5, 5.41) is 8.66. The minimum Gasteiger partial charge on any atom is -0.508 e. The Morgan fingerprint density at radius 2 is 1.38 bits per heavy atom. The van der Waals surface area contributed by atoms with Crippen molar-refractivity contribution in [2.45, 2.75) is 51.4 Å². The summed E-state index contributed by atoms with van der Waals surface area (Å²) in [6, 6.07) is 28.1. The van der Waals surface area contributed by atoms with E-state index < -0.39 is 17.3 Å². The van der Waals surface area contributed by atoms with Gasteiger partial charge < -0.3 is 20.5 Å². The van der Waals surface area contributed by atoms with E-state index in [2.05, 4.69) is 12.1 Å². The van der Waals surface area contributed by atoms with Crippen LogP contribution < -0.4 is 10.5 Å². The predicted molar refractivity (Wildman–Crippen MR) is 169 cm³/mol. The van der Waals surface area contributed by atoms with Crippen molar-refractivity contribution in [3.63, 3.8) is 0 Å². The highest BCUT2D eigenvalue weighted by molar-refractivity contribution is 6.09. The highest BCUT2D eigenvalue weighted by atomic mass is 19.4. The van der Waals surface area contributed by atoms with Crippen LogP contribution in [0.5, 0.6) is 11.5 Å². The normalized spacial score (nSPS) is 12.0. The van der Waals surface area contributed by atoms with Crippen LogP contribution in [-0.4, -0.2) is 46.9 Å².